The quantitative estimate of drug-likeness (QED) is 0.798. The Morgan fingerprint density at radius 3 is 2.68 bits per heavy atom. The lowest BCUT2D eigenvalue weighted by Gasteiger charge is -2.31. The van der Waals surface area contributed by atoms with Crippen LogP contribution in [0.5, 0.6) is 0 Å². The average molecular weight is 325 g/mol. The maximum atomic E-state index is 12.1. The molecule has 1 aliphatic carbocycles. The first-order valence-corrected chi connectivity index (χ1v) is 8.18. The fourth-order valence-electron chi connectivity index (χ4n) is 3.34. The molecule has 1 heterocycles. The number of hydrogen-bond donors (Lipinski definition) is 0. The summed E-state index contributed by atoms with van der Waals surface area (Å²) in [5.74, 6) is -0.997. The van der Waals surface area contributed by atoms with Crippen LogP contribution in [0, 0.1) is 0 Å². The van der Waals surface area contributed by atoms with Crippen LogP contribution < -0.4 is 0 Å². The van der Waals surface area contributed by atoms with Crippen LogP contribution >= 0.6 is 11.6 Å². The van der Waals surface area contributed by atoms with Crippen molar-refractivity contribution in [1.82, 2.24) is 0 Å². The van der Waals surface area contributed by atoms with Gasteiger partial charge >= 0.3 is 5.97 Å². The van der Waals surface area contributed by atoms with Crippen LogP contribution in [0.25, 0.3) is 0 Å². The fourth-order valence-corrected chi connectivity index (χ4v) is 3.56. The number of carbonyl (C=O) groups is 1. The van der Waals surface area contributed by atoms with E-state index in [9.17, 15) is 4.79 Å². The van der Waals surface area contributed by atoms with Crippen LogP contribution in [0.15, 0.2) is 24.3 Å². The highest BCUT2D eigenvalue weighted by atomic mass is 35.5. The third kappa shape index (κ3) is 3.14. The van der Waals surface area contributed by atoms with Crippen molar-refractivity contribution in [3.8, 4) is 0 Å². The third-order valence-corrected chi connectivity index (χ3v) is 4.84. The molecule has 2 unspecified atom stereocenters. The first-order chi connectivity index (χ1) is 10.6. The van der Waals surface area contributed by atoms with Gasteiger partial charge in [0.15, 0.2) is 11.9 Å². The van der Waals surface area contributed by atoms with E-state index in [0.29, 0.717) is 11.4 Å². The maximum absolute atomic E-state index is 12.1. The molecule has 1 saturated carbocycles. The Balaban J connectivity index is 1.80. The van der Waals surface area contributed by atoms with Gasteiger partial charge in [0, 0.05) is 24.3 Å². The number of ether oxygens (including phenoxy) is 3. The number of methoxy groups -OCH3 is 1. The highest BCUT2D eigenvalue weighted by Crippen LogP contribution is 2.41. The minimum absolute atomic E-state index is 0.356. The molecule has 0 N–H and O–H groups in total. The lowest BCUT2D eigenvalue weighted by Crippen LogP contribution is -2.35. The van der Waals surface area contributed by atoms with Gasteiger partial charge in [0.1, 0.15) is 6.10 Å². The monoisotopic (exact) mass is 324 g/mol. The average Bonchev–Trinajstić information content (AvgIpc) is 2.87. The molecule has 2 atom stereocenters. The summed E-state index contributed by atoms with van der Waals surface area (Å²) in [5, 5.41) is 0.680. The highest BCUT2D eigenvalue weighted by molar-refractivity contribution is 6.31. The Morgan fingerprint density at radius 2 is 2.00 bits per heavy atom. The van der Waals surface area contributed by atoms with Gasteiger partial charge in [-0.15, -0.1) is 0 Å². The van der Waals surface area contributed by atoms with Crippen molar-refractivity contribution in [3.05, 3.63) is 34.9 Å². The van der Waals surface area contributed by atoms with Crippen LogP contribution in [0.4, 0.5) is 0 Å². The Kier molecular flexibility index (Phi) is 4.71. The second-order valence-electron chi connectivity index (χ2n) is 5.98. The van der Waals surface area contributed by atoms with Gasteiger partial charge in [0.05, 0.1) is 7.11 Å². The number of rotatable bonds is 3. The number of hydrogen-bond acceptors (Lipinski definition) is 4. The molecule has 1 spiro atoms. The predicted octanol–water partition coefficient (Wildman–Crippen LogP) is 3.50. The SMILES string of the molecule is COC(=O)C1OC2(CCCCC2)OC1Cc1ccccc1Cl. The molecule has 5 heteroatoms. The number of esters is 1. The van der Waals surface area contributed by atoms with E-state index in [1.54, 1.807) is 0 Å². The van der Waals surface area contributed by atoms with Gasteiger partial charge in [-0.05, 0) is 24.5 Å². The third-order valence-electron chi connectivity index (χ3n) is 4.47. The normalized spacial score (nSPS) is 27.0. The fraction of sp³-hybridized carbons (Fsp3) is 0.588. The van der Waals surface area contributed by atoms with E-state index < -0.39 is 11.9 Å². The zero-order valence-electron chi connectivity index (χ0n) is 12.7. The van der Waals surface area contributed by atoms with E-state index in [2.05, 4.69) is 0 Å². The highest BCUT2D eigenvalue weighted by Gasteiger charge is 2.51. The number of carbonyl (C=O) groups excluding carboxylic acids is 1. The molecule has 2 fully saturated rings. The largest absolute Gasteiger partial charge is 0.467 e. The second kappa shape index (κ2) is 6.57. The van der Waals surface area contributed by atoms with Crippen molar-refractivity contribution >= 4 is 17.6 Å². The summed E-state index contributed by atoms with van der Waals surface area (Å²) in [6, 6.07) is 7.61. The number of benzene rings is 1. The van der Waals surface area contributed by atoms with Gasteiger partial charge < -0.3 is 14.2 Å². The van der Waals surface area contributed by atoms with Crippen molar-refractivity contribution in [2.45, 2.75) is 56.5 Å². The predicted molar refractivity (Wildman–Crippen MR) is 82.7 cm³/mol. The number of halogens is 1. The summed E-state index contributed by atoms with van der Waals surface area (Å²) in [4.78, 5) is 12.1. The van der Waals surface area contributed by atoms with Crippen molar-refractivity contribution in [2.75, 3.05) is 7.11 Å². The summed E-state index contributed by atoms with van der Waals surface area (Å²) in [6.45, 7) is 0. The Bertz CT molecular complexity index is 539. The molecule has 0 bridgehead atoms. The summed E-state index contributed by atoms with van der Waals surface area (Å²) < 4.78 is 17.1. The van der Waals surface area contributed by atoms with Crippen molar-refractivity contribution in [3.63, 3.8) is 0 Å². The van der Waals surface area contributed by atoms with Gasteiger partial charge in [-0.2, -0.15) is 0 Å². The maximum Gasteiger partial charge on any atom is 0.337 e. The minimum atomic E-state index is -0.681. The van der Waals surface area contributed by atoms with E-state index >= 15 is 0 Å². The summed E-state index contributed by atoms with van der Waals surface area (Å²) in [7, 11) is 1.38. The Labute approximate surface area is 135 Å². The summed E-state index contributed by atoms with van der Waals surface area (Å²) in [6.07, 6.45) is 4.48. The molecule has 1 aromatic rings. The zero-order chi connectivity index (χ0) is 15.6. The van der Waals surface area contributed by atoms with Crippen LogP contribution in [-0.4, -0.2) is 31.1 Å². The molecule has 120 valence electrons. The first-order valence-electron chi connectivity index (χ1n) is 7.80. The van der Waals surface area contributed by atoms with E-state index in [4.69, 9.17) is 25.8 Å². The van der Waals surface area contributed by atoms with Crippen molar-refractivity contribution in [1.29, 1.82) is 0 Å². The van der Waals surface area contributed by atoms with Crippen molar-refractivity contribution in [2.24, 2.45) is 0 Å². The van der Waals surface area contributed by atoms with Gasteiger partial charge in [0.2, 0.25) is 0 Å². The van der Waals surface area contributed by atoms with Crippen LogP contribution in [0.1, 0.15) is 37.7 Å². The van der Waals surface area contributed by atoms with E-state index in [-0.39, 0.29) is 12.1 Å². The van der Waals surface area contributed by atoms with Crippen LogP contribution in [-0.2, 0) is 25.4 Å². The molecule has 4 nitrogen and oxygen atoms in total. The first kappa shape index (κ1) is 15.8. The lowest BCUT2D eigenvalue weighted by atomic mass is 9.94. The molecular formula is C17H21ClO4. The lowest BCUT2D eigenvalue weighted by molar-refractivity contribution is -0.199. The van der Waals surface area contributed by atoms with Gasteiger partial charge in [0.25, 0.3) is 0 Å². The Morgan fingerprint density at radius 1 is 1.27 bits per heavy atom. The van der Waals surface area contributed by atoms with E-state index in [1.165, 1.54) is 13.5 Å². The second-order valence-corrected chi connectivity index (χ2v) is 6.39. The van der Waals surface area contributed by atoms with Gasteiger partial charge in [-0.1, -0.05) is 36.2 Å². The van der Waals surface area contributed by atoms with Gasteiger partial charge in [-0.25, -0.2) is 4.79 Å². The molecule has 1 aromatic carbocycles. The smallest absolute Gasteiger partial charge is 0.337 e. The Hall–Kier alpha value is -1.10. The molecule has 22 heavy (non-hydrogen) atoms. The minimum Gasteiger partial charge on any atom is -0.467 e. The van der Waals surface area contributed by atoms with E-state index in [1.807, 2.05) is 24.3 Å². The standard InChI is InChI=1S/C17H21ClO4/c1-20-16(19)15-14(11-12-7-3-4-8-13(12)18)21-17(22-15)9-5-2-6-10-17/h3-4,7-8,14-15H,2,5-6,9-11H2,1H3. The van der Waals surface area contributed by atoms with Gasteiger partial charge in [-0.3, -0.25) is 0 Å². The molecule has 1 aliphatic heterocycles. The van der Waals surface area contributed by atoms with Crippen molar-refractivity contribution < 1.29 is 19.0 Å². The summed E-state index contributed by atoms with van der Waals surface area (Å²) >= 11 is 6.23. The molecule has 3 rings (SSSR count). The molecule has 0 radical (unpaired) electrons. The summed E-state index contributed by atoms with van der Waals surface area (Å²) in [5.41, 5.74) is 0.958. The van der Waals surface area contributed by atoms with E-state index in [0.717, 1.165) is 31.2 Å². The van der Waals surface area contributed by atoms with Crippen LogP contribution in [0.2, 0.25) is 5.02 Å². The molecular weight excluding hydrogens is 304 g/mol. The zero-order valence-corrected chi connectivity index (χ0v) is 13.5. The molecule has 0 aromatic heterocycles. The molecule has 0 amide bonds. The molecule has 2 aliphatic rings. The molecule has 1 saturated heterocycles. The van der Waals surface area contributed by atoms with Crippen LogP contribution in [0.3, 0.4) is 0 Å². The topological polar surface area (TPSA) is 44.8 Å².